The molecule has 0 aromatic rings. The van der Waals surface area contributed by atoms with Gasteiger partial charge < -0.3 is 16.0 Å². The van der Waals surface area contributed by atoms with E-state index in [1.165, 1.54) is 0 Å². The number of hydrogen-bond donors (Lipinski definition) is 2. The maximum absolute atomic E-state index is 11.5. The van der Waals surface area contributed by atoms with Crippen LogP contribution in [-0.4, -0.2) is 42.9 Å². The predicted molar refractivity (Wildman–Crippen MR) is 59.2 cm³/mol. The number of nitrogens with zero attached hydrogens (tertiary/aromatic N) is 1. The molecular weight excluding hydrogens is 194 g/mol. The summed E-state index contributed by atoms with van der Waals surface area (Å²) in [5.41, 5.74) is 5.09. The smallest absolute Gasteiger partial charge is 0.236 e. The Hall–Kier alpha value is -1.10. The van der Waals surface area contributed by atoms with E-state index >= 15 is 0 Å². The molecule has 3 N–H and O–H groups in total. The quantitative estimate of drug-likeness (QED) is 0.605. The summed E-state index contributed by atoms with van der Waals surface area (Å²) in [5, 5.41) is 2.92. The van der Waals surface area contributed by atoms with E-state index in [0.717, 1.165) is 0 Å². The van der Waals surface area contributed by atoms with E-state index < -0.39 is 0 Å². The Morgan fingerprint density at radius 2 is 1.87 bits per heavy atom. The van der Waals surface area contributed by atoms with Crippen LogP contribution in [-0.2, 0) is 9.59 Å². The Kier molecular flexibility index (Phi) is 6.70. The van der Waals surface area contributed by atoms with Crippen LogP contribution in [0, 0.1) is 5.92 Å². The molecule has 0 fully saturated rings. The summed E-state index contributed by atoms with van der Waals surface area (Å²) in [6.07, 6.45) is 0. The van der Waals surface area contributed by atoms with Gasteiger partial charge in [0.2, 0.25) is 11.8 Å². The average Bonchev–Trinajstić information content (AvgIpc) is 2.19. The van der Waals surface area contributed by atoms with Crippen LogP contribution < -0.4 is 11.1 Å². The molecule has 0 rings (SSSR count). The second-order valence-corrected chi connectivity index (χ2v) is 3.50. The maximum atomic E-state index is 11.5. The third-order valence-electron chi connectivity index (χ3n) is 2.33. The standard InChI is InChI=1S/C10H21N3O2/c1-4-13(5-2)9(14)7-12-6-8(3)10(11)15/h8,12H,4-7H2,1-3H3,(H2,11,15). The highest BCUT2D eigenvalue weighted by Gasteiger charge is 2.11. The molecule has 0 aromatic carbocycles. The Morgan fingerprint density at radius 3 is 2.27 bits per heavy atom. The SMILES string of the molecule is CCN(CC)C(=O)CNCC(C)C(N)=O. The second-order valence-electron chi connectivity index (χ2n) is 3.50. The van der Waals surface area contributed by atoms with E-state index in [0.29, 0.717) is 19.6 Å². The predicted octanol–water partition coefficient (Wildman–Crippen LogP) is -0.434. The largest absolute Gasteiger partial charge is 0.369 e. The lowest BCUT2D eigenvalue weighted by Gasteiger charge is -2.19. The first kappa shape index (κ1) is 13.9. The minimum Gasteiger partial charge on any atom is -0.369 e. The molecule has 0 radical (unpaired) electrons. The van der Waals surface area contributed by atoms with Crippen LogP contribution >= 0.6 is 0 Å². The van der Waals surface area contributed by atoms with Crippen LogP contribution in [0.1, 0.15) is 20.8 Å². The van der Waals surface area contributed by atoms with Crippen LogP contribution in [0.2, 0.25) is 0 Å². The van der Waals surface area contributed by atoms with Gasteiger partial charge in [-0.2, -0.15) is 0 Å². The molecule has 0 heterocycles. The molecule has 88 valence electrons. The molecule has 0 bridgehead atoms. The number of hydrogen-bond acceptors (Lipinski definition) is 3. The van der Waals surface area contributed by atoms with Gasteiger partial charge in [-0.1, -0.05) is 6.92 Å². The van der Waals surface area contributed by atoms with Crippen molar-refractivity contribution in [1.29, 1.82) is 0 Å². The molecule has 0 saturated heterocycles. The van der Waals surface area contributed by atoms with Gasteiger partial charge in [-0.3, -0.25) is 9.59 Å². The third-order valence-corrected chi connectivity index (χ3v) is 2.33. The van der Waals surface area contributed by atoms with Gasteiger partial charge in [-0.05, 0) is 13.8 Å². The van der Waals surface area contributed by atoms with Crippen molar-refractivity contribution in [3.05, 3.63) is 0 Å². The van der Waals surface area contributed by atoms with Crippen molar-refractivity contribution < 1.29 is 9.59 Å². The number of rotatable bonds is 7. The molecule has 0 aliphatic rings. The normalized spacial score (nSPS) is 12.2. The van der Waals surface area contributed by atoms with E-state index in [4.69, 9.17) is 5.73 Å². The molecule has 1 atom stereocenters. The monoisotopic (exact) mass is 215 g/mol. The molecule has 0 saturated carbocycles. The molecule has 0 aromatic heterocycles. The molecule has 5 nitrogen and oxygen atoms in total. The van der Waals surface area contributed by atoms with E-state index in [2.05, 4.69) is 5.32 Å². The first-order valence-corrected chi connectivity index (χ1v) is 5.30. The summed E-state index contributed by atoms with van der Waals surface area (Å²) in [4.78, 5) is 24.0. The third kappa shape index (κ3) is 5.37. The van der Waals surface area contributed by atoms with Gasteiger partial charge in [0.15, 0.2) is 0 Å². The molecule has 0 spiro atoms. The fourth-order valence-corrected chi connectivity index (χ4v) is 1.18. The van der Waals surface area contributed by atoms with Gasteiger partial charge in [0.05, 0.1) is 6.54 Å². The van der Waals surface area contributed by atoms with Crippen molar-refractivity contribution in [2.24, 2.45) is 11.7 Å². The summed E-state index contributed by atoms with van der Waals surface area (Å²) in [5.74, 6) is -0.538. The van der Waals surface area contributed by atoms with Crippen molar-refractivity contribution in [2.75, 3.05) is 26.2 Å². The summed E-state index contributed by atoms with van der Waals surface area (Å²) in [6, 6.07) is 0. The first-order chi connectivity index (χ1) is 7.02. The molecule has 0 aliphatic carbocycles. The highest BCUT2D eigenvalue weighted by molar-refractivity contribution is 5.78. The Bertz CT molecular complexity index is 215. The van der Waals surface area contributed by atoms with E-state index in [1.54, 1.807) is 11.8 Å². The van der Waals surface area contributed by atoms with Crippen molar-refractivity contribution in [3.8, 4) is 0 Å². The maximum Gasteiger partial charge on any atom is 0.236 e. The van der Waals surface area contributed by atoms with Crippen LogP contribution in [0.4, 0.5) is 0 Å². The minimum absolute atomic E-state index is 0.0525. The zero-order chi connectivity index (χ0) is 11.8. The van der Waals surface area contributed by atoms with Gasteiger partial charge in [0.1, 0.15) is 0 Å². The van der Waals surface area contributed by atoms with E-state index in [9.17, 15) is 9.59 Å². The fourth-order valence-electron chi connectivity index (χ4n) is 1.18. The number of carbonyl (C=O) groups excluding carboxylic acids is 2. The van der Waals surface area contributed by atoms with Gasteiger partial charge in [0, 0.05) is 25.6 Å². The van der Waals surface area contributed by atoms with Crippen LogP contribution in [0.3, 0.4) is 0 Å². The van der Waals surface area contributed by atoms with Gasteiger partial charge in [0.25, 0.3) is 0 Å². The lowest BCUT2D eigenvalue weighted by molar-refractivity contribution is -0.130. The lowest BCUT2D eigenvalue weighted by atomic mass is 10.2. The van der Waals surface area contributed by atoms with Crippen LogP contribution in [0.25, 0.3) is 0 Å². The lowest BCUT2D eigenvalue weighted by Crippen LogP contribution is -2.40. The molecule has 15 heavy (non-hydrogen) atoms. The van der Waals surface area contributed by atoms with E-state index in [1.807, 2.05) is 13.8 Å². The number of nitrogens with one attached hydrogen (secondary N) is 1. The van der Waals surface area contributed by atoms with Gasteiger partial charge in [-0.15, -0.1) is 0 Å². The summed E-state index contributed by atoms with van der Waals surface area (Å²) in [7, 11) is 0. The molecule has 2 amide bonds. The number of carbonyl (C=O) groups is 2. The van der Waals surface area contributed by atoms with Crippen LogP contribution in [0.15, 0.2) is 0 Å². The van der Waals surface area contributed by atoms with Crippen molar-refractivity contribution in [1.82, 2.24) is 10.2 Å². The Labute approximate surface area is 91.0 Å². The van der Waals surface area contributed by atoms with Crippen molar-refractivity contribution in [3.63, 3.8) is 0 Å². The molecular formula is C10H21N3O2. The summed E-state index contributed by atoms with van der Waals surface area (Å²) >= 11 is 0. The number of likely N-dealkylation sites (N-methyl/N-ethyl adjacent to an activating group) is 1. The van der Waals surface area contributed by atoms with Gasteiger partial charge in [-0.25, -0.2) is 0 Å². The van der Waals surface area contributed by atoms with E-state index in [-0.39, 0.29) is 24.3 Å². The van der Waals surface area contributed by atoms with Crippen LogP contribution in [0.5, 0.6) is 0 Å². The Balaban J connectivity index is 3.76. The molecule has 5 heteroatoms. The second kappa shape index (κ2) is 7.23. The fraction of sp³-hybridized carbons (Fsp3) is 0.800. The van der Waals surface area contributed by atoms with Gasteiger partial charge >= 0.3 is 0 Å². The van der Waals surface area contributed by atoms with Crippen molar-refractivity contribution in [2.45, 2.75) is 20.8 Å². The zero-order valence-corrected chi connectivity index (χ0v) is 9.75. The Morgan fingerprint density at radius 1 is 1.33 bits per heavy atom. The number of amides is 2. The molecule has 0 aliphatic heterocycles. The zero-order valence-electron chi connectivity index (χ0n) is 9.75. The topological polar surface area (TPSA) is 75.4 Å². The number of primary amides is 1. The summed E-state index contributed by atoms with van der Waals surface area (Å²) < 4.78 is 0. The van der Waals surface area contributed by atoms with Crippen molar-refractivity contribution >= 4 is 11.8 Å². The average molecular weight is 215 g/mol. The molecule has 1 unspecified atom stereocenters. The highest BCUT2D eigenvalue weighted by Crippen LogP contribution is 1.91. The first-order valence-electron chi connectivity index (χ1n) is 5.30. The summed E-state index contributed by atoms with van der Waals surface area (Å²) in [6.45, 7) is 7.74. The minimum atomic E-state index is -0.349. The highest BCUT2D eigenvalue weighted by atomic mass is 16.2. The number of nitrogens with two attached hydrogens (primary N) is 1.